The van der Waals surface area contributed by atoms with E-state index in [-0.39, 0.29) is 5.91 Å². The third-order valence-electron chi connectivity index (χ3n) is 5.31. The molecule has 0 atom stereocenters. The van der Waals surface area contributed by atoms with Crippen molar-refractivity contribution in [3.63, 3.8) is 0 Å². The van der Waals surface area contributed by atoms with Crippen LogP contribution in [-0.2, 0) is 6.54 Å². The number of carbonyl (C=O) groups is 1. The van der Waals surface area contributed by atoms with Gasteiger partial charge in [-0.25, -0.2) is 4.98 Å². The average molecular weight is 555 g/mol. The molecule has 0 saturated heterocycles. The summed E-state index contributed by atoms with van der Waals surface area (Å²) in [7, 11) is 1.61. The zero-order valence-electron chi connectivity index (χ0n) is 17.7. The van der Waals surface area contributed by atoms with E-state index in [1.54, 1.807) is 24.1 Å². The van der Waals surface area contributed by atoms with Crippen molar-refractivity contribution in [3.8, 4) is 17.0 Å². The van der Waals surface area contributed by atoms with Gasteiger partial charge in [-0.05, 0) is 36.4 Å². The van der Waals surface area contributed by atoms with E-state index >= 15 is 0 Å². The Morgan fingerprint density at radius 2 is 1.62 bits per heavy atom. The molecule has 4 nitrogen and oxygen atoms in total. The van der Waals surface area contributed by atoms with Crippen LogP contribution in [0.25, 0.3) is 22.2 Å². The third kappa shape index (κ3) is 5.07. The predicted molar refractivity (Wildman–Crippen MR) is 142 cm³/mol. The quantitative estimate of drug-likeness (QED) is 0.239. The SMILES string of the molecule is COc1ccc(N2Cc3c(-c4ccccc4)nc4cc(Cl)cc(Cl)c4c3C2=O)cc1.ClC(Cl)Cl. The first kappa shape index (κ1) is 24.9. The van der Waals surface area contributed by atoms with Crippen LogP contribution >= 0.6 is 58.0 Å². The Hall–Kier alpha value is -2.21. The molecule has 34 heavy (non-hydrogen) atoms. The molecule has 1 aliphatic heterocycles. The molecule has 1 amide bonds. The van der Waals surface area contributed by atoms with Crippen LogP contribution in [0.15, 0.2) is 66.7 Å². The number of ether oxygens (including phenoxy) is 1. The van der Waals surface area contributed by atoms with Crippen LogP contribution < -0.4 is 9.64 Å². The first-order valence-electron chi connectivity index (χ1n) is 10.1. The Balaban J connectivity index is 0.000000636. The van der Waals surface area contributed by atoms with E-state index in [1.165, 1.54) is 0 Å². The lowest BCUT2D eigenvalue weighted by Crippen LogP contribution is -2.23. The number of fused-ring (bicyclic) bond motifs is 3. The number of alkyl halides is 3. The van der Waals surface area contributed by atoms with Gasteiger partial charge in [-0.2, -0.15) is 0 Å². The van der Waals surface area contributed by atoms with Gasteiger partial charge in [0.2, 0.25) is 0 Å². The summed E-state index contributed by atoms with van der Waals surface area (Å²) >= 11 is 27.2. The van der Waals surface area contributed by atoms with Crippen molar-refractivity contribution in [1.29, 1.82) is 0 Å². The van der Waals surface area contributed by atoms with Gasteiger partial charge in [0.15, 0.2) is 4.30 Å². The summed E-state index contributed by atoms with van der Waals surface area (Å²) in [5, 5.41) is 1.54. The molecule has 3 aromatic carbocycles. The van der Waals surface area contributed by atoms with Crippen molar-refractivity contribution < 1.29 is 9.53 Å². The Morgan fingerprint density at radius 1 is 0.971 bits per heavy atom. The lowest BCUT2D eigenvalue weighted by molar-refractivity contribution is 0.0998. The minimum atomic E-state index is -0.750. The number of nitrogens with zero attached hydrogens (tertiary/aromatic N) is 2. The van der Waals surface area contributed by atoms with Gasteiger partial charge >= 0.3 is 0 Å². The molecule has 174 valence electrons. The van der Waals surface area contributed by atoms with Gasteiger partial charge in [-0.15, -0.1) is 0 Å². The maximum atomic E-state index is 13.6. The van der Waals surface area contributed by atoms with Crippen LogP contribution in [0.2, 0.25) is 10.0 Å². The second kappa shape index (κ2) is 10.6. The Labute approximate surface area is 221 Å². The molecule has 4 aromatic rings. The number of hydrogen-bond donors (Lipinski definition) is 0. The maximum absolute atomic E-state index is 13.6. The molecule has 2 heterocycles. The van der Waals surface area contributed by atoms with E-state index in [0.717, 1.165) is 28.3 Å². The standard InChI is InChI=1S/C24H16Cl2N2O2.CHCl3/c1-30-17-9-7-16(8-10-17)28-13-18-21(24(28)29)22-19(26)11-15(25)12-20(22)27-23(18)14-5-3-2-4-6-14;2-1(3)4/h2-12H,13H2,1H3;1H. The molecule has 0 spiro atoms. The lowest BCUT2D eigenvalue weighted by atomic mass is 9.98. The van der Waals surface area contributed by atoms with Gasteiger partial charge in [0.25, 0.3) is 5.91 Å². The lowest BCUT2D eigenvalue weighted by Gasteiger charge is -2.16. The van der Waals surface area contributed by atoms with Crippen molar-refractivity contribution in [2.75, 3.05) is 12.0 Å². The van der Waals surface area contributed by atoms with E-state index < -0.39 is 4.30 Å². The van der Waals surface area contributed by atoms with E-state index in [4.69, 9.17) is 67.7 Å². The van der Waals surface area contributed by atoms with Crippen molar-refractivity contribution in [2.45, 2.75) is 10.8 Å². The average Bonchev–Trinajstić information content (AvgIpc) is 3.15. The highest BCUT2D eigenvalue weighted by Gasteiger charge is 2.34. The maximum Gasteiger partial charge on any atom is 0.259 e. The summed E-state index contributed by atoms with van der Waals surface area (Å²) in [4.78, 5) is 20.2. The van der Waals surface area contributed by atoms with Crippen LogP contribution in [0.4, 0.5) is 5.69 Å². The highest BCUT2D eigenvalue weighted by atomic mass is 35.6. The molecule has 0 aliphatic carbocycles. The molecule has 0 radical (unpaired) electrons. The normalized spacial score (nSPS) is 12.6. The van der Waals surface area contributed by atoms with Crippen molar-refractivity contribution >= 4 is 80.5 Å². The number of rotatable bonds is 3. The highest BCUT2D eigenvalue weighted by molar-refractivity contribution is 6.63. The number of pyridine rings is 1. The van der Waals surface area contributed by atoms with Gasteiger partial charge in [0.05, 0.1) is 35.5 Å². The van der Waals surface area contributed by atoms with Crippen LogP contribution in [0.5, 0.6) is 5.75 Å². The van der Waals surface area contributed by atoms with E-state index in [2.05, 4.69) is 0 Å². The number of benzene rings is 3. The molecule has 5 rings (SSSR count). The van der Waals surface area contributed by atoms with Gasteiger partial charge in [-0.3, -0.25) is 4.79 Å². The summed E-state index contributed by atoms with van der Waals surface area (Å²) in [5.41, 5.74) is 4.54. The largest absolute Gasteiger partial charge is 0.497 e. The van der Waals surface area contributed by atoms with Crippen molar-refractivity contribution in [1.82, 2.24) is 4.98 Å². The number of methoxy groups -OCH3 is 1. The van der Waals surface area contributed by atoms with Crippen molar-refractivity contribution in [3.05, 3.63) is 87.9 Å². The minimum absolute atomic E-state index is 0.107. The molecular weight excluding hydrogens is 538 g/mol. The number of hydrogen-bond acceptors (Lipinski definition) is 3. The summed E-state index contributed by atoms with van der Waals surface area (Å²) < 4.78 is 4.49. The van der Waals surface area contributed by atoms with Gasteiger partial charge in [-0.1, -0.05) is 88.3 Å². The second-order valence-corrected chi connectivity index (χ2v) is 10.1. The Bertz CT molecular complexity index is 1340. The third-order valence-corrected chi connectivity index (χ3v) is 5.83. The summed E-state index contributed by atoms with van der Waals surface area (Å²) in [6, 6.07) is 20.7. The fourth-order valence-electron chi connectivity index (χ4n) is 3.91. The van der Waals surface area contributed by atoms with Crippen LogP contribution in [-0.4, -0.2) is 22.3 Å². The van der Waals surface area contributed by atoms with Crippen LogP contribution in [0.3, 0.4) is 0 Å². The van der Waals surface area contributed by atoms with E-state index in [1.807, 2.05) is 54.6 Å². The van der Waals surface area contributed by atoms with Gasteiger partial charge < -0.3 is 9.64 Å². The molecule has 1 aliphatic rings. The highest BCUT2D eigenvalue weighted by Crippen LogP contribution is 2.41. The van der Waals surface area contributed by atoms with Gasteiger partial charge in [0.1, 0.15) is 5.75 Å². The fraction of sp³-hybridized carbons (Fsp3) is 0.120. The predicted octanol–water partition coefficient (Wildman–Crippen LogP) is 8.36. The van der Waals surface area contributed by atoms with E-state index in [0.29, 0.717) is 33.1 Å². The second-order valence-electron chi connectivity index (χ2n) is 7.30. The summed E-state index contributed by atoms with van der Waals surface area (Å²) in [5.74, 6) is 0.627. The fourth-order valence-corrected chi connectivity index (χ4v) is 4.49. The Kier molecular flexibility index (Phi) is 7.76. The van der Waals surface area contributed by atoms with Gasteiger partial charge in [0, 0.05) is 27.2 Å². The molecule has 0 saturated carbocycles. The zero-order valence-corrected chi connectivity index (χ0v) is 21.5. The first-order chi connectivity index (χ1) is 16.3. The number of aromatic nitrogens is 1. The number of amides is 1. The molecule has 0 unspecified atom stereocenters. The minimum Gasteiger partial charge on any atom is -0.497 e. The molecule has 0 fully saturated rings. The number of carbonyl (C=O) groups excluding carboxylic acids is 1. The molecule has 0 N–H and O–H groups in total. The number of halogens is 5. The smallest absolute Gasteiger partial charge is 0.259 e. The Morgan fingerprint density at radius 3 is 2.24 bits per heavy atom. The van der Waals surface area contributed by atoms with Crippen molar-refractivity contribution in [2.24, 2.45) is 0 Å². The summed E-state index contributed by atoms with van der Waals surface area (Å²) in [6.07, 6.45) is 0. The van der Waals surface area contributed by atoms with Crippen LogP contribution in [0.1, 0.15) is 15.9 Å². The topological polar surface area (TPSA) is 42.4 Å². The zero-order chi connectivity index (χ0) is 24.4. The summed E-state index contributed by atoms with van der Waals surface area (Å²) in [6.45, 7) is 0.409. The molecule has 1 aromatic heterocycles. The molecule has 0 bridgehead atoms. The number of anilines is 1. The monoisotopic (exact) mass is 552 g/mol. The molecule has 9 heteroatoms. The first-order valence-corrected chi connectivity index (χ1v) is 12.1. The van der Waals surface area contributed by atoms with Crippen LogP contribution in [0, 0.1) is 0 Å². The van der Waals surface area contributed by atoms with E-state index in [9.17, 15) is 4.79 Å². The molecular formula is C25H17Cl5N2O2.